The minimum atomic E-state index is -3.80. The zero-order valence-corrected chi connectivity index (χ0v) is 22.0. The van der Waals surface area contributed by atoms with E-state index in [1.165, 1.54) is 12.8 Å². The number of hydrogen-bond donors (Lipinski definition) is 2. The van der Waals surface area contributed by atoms with E-state index in [4.69, 9.17) is 8.92 Å². The van der Waals surface area contributed by atoms with Crippen molar-refractivity contribution in [2.24, 2.45) is 0 Å². The van der Waals surface area contributed by atoms with Gasteiger partial charge in [-0.15, -0.1) is 24.8 Å². The summed E-state index contributed by atoms with van der Waals surface area (Å²) in [6, 6.07) is 9.96. The highest BCUT2D eigenvalue weighted by Gasteiger charge is 2.32. The maximum absolute atomic E-state index is 12.7. The summed E-state index contributed by atoms with van der Waals surface area (Å²) in [5.41, 5.74) is 4.36. The number of rotatable bonds is 5. The fourth-order valence-electron chi connectivity index (χ4n) is 4.51. The van der Waals surface area contributed by atoms with Crippen LogP contribution in [-0.4, -0.2) is 70.8 Å². The summed E-state index contributed by atoms with van der Waals surface area (Å²) in [7, 11) is -0.225. The highest BCUT2D eigenvalue weighted by Crippen LogP contribution is 2.43. The van der Waals surface area contributed by atoms with Crippen molar-refractivity contribution in [1.82, 2.24) is 15.2 Å². The molecule has 1 aromatic heterocycles. The molecule has 2 N–H and O–H groups in total. The van der Waals surface area contributed by atoms with Gasteiger partial charge in [0.15, 0.2) is 11.5 Å². The molecule has 0 atom stereocenters. The van der Waals surface area contributed by atoms with Crippen LogP contribution in [-0.2, 0) is 16.7 Å². The molecule has 0 radical (unpaired) electrons. The zero-order chi connectivity index (χ0) is 23.3. The number of likely N-dealkylation sites (N-methyl/N-ethyl adjacent to an activating group) is 1. The Morgan fingerprint density at radius 3 is 2.40 bits per heavy atom. The molecule has 0 unspecified atom stereocenters. The van der Waals surface area contributed by atoms with Gasteiger partial charge in [-0.1, -0.05) is 0 Å². The molecule has 3 aromatic rings. The van der Waals surface area contributed by atoms with Gasteiger partial charge in [0.2, 0.25) is 0 Å². The second kappa shape index (κ2) is 10.1. The second-order valence-electron chi connectivity index (χ2n) is 8.52. The van der Waals surface area contributed by atoms with Crippen molar-refractivity contribution in [3.63, 3.8) is 0 Å². The molecule has 12 heteroatoms. The van der Waals surface area contributed by atoms with Gasteiger partial charge in [-0.25, -0.2) is 0 Å². The van der Waals surface area contributed by atoms with E-state index in [-0.39, 0.29) is 48.8 Å². The highest BCUT2D eigenvalue weighted by atomic mass is 35.5. The van der Waals surface area contributed by atoms with Gasteiger partial charge in [-0.2, -0.15) is 8.42 Å². The van der Waals surface area contributed by atoms with Crippen molar-refractivity contribution in [1.29, 1.82) is 0 Å². The van der Waals surface area contributed by atoms with Crippen LogP contribution in [0.25, 0.3) is 22.2 Å². The lowest BCUT2D eigenvalue weighted by atomic mass is 9.98. The summed E-state index contributed by atoms with van der Waals surface area (Å²) in [4.78, 5) is 20.8. The minimum Gasteiger partial charge on any atom is -0.493 e. The van der Waals surface area contributed by atoms with Crippen molar-refractivity contribution < 1.29 is 22.1 Å². The fourth-order valence-corrected chi connectivity index (χ4v) is 5.00. The third-order valence-electron chi connectivity index (χ3n) is 6.21. The van der Waals surface area contributed by atoms with Crippen molar-refractivity contribution in [3.8, 4) is 22.8 Å². The average molecular weight is 543 g/mol. The Labute approximate surface area is 216 Å². The molecular formula is C23H28Cl2N4O5S. The van der Waals surface area contributed by atoms with Crippen molar-refractivity contribution in [2.45, 2.75) is 6.54 Å². The van der Waals surface area contributed by atoms with Crippen LogP contribution in [0.1, 0.15) is 15.9 Å². The zero-order valence-electron chi connectivity index (χ0n) is 19.6. The first-order valence-electron chi connectivity index (χ1n) is 10.7. The van der Waals surface area contributed by atoms with Crippen molar-refractivity contribution in [2.75, 3.05) is 51.5 Å². The van der Waals surface area contributed by atoms with Crippen LogP contribution in [0.15, 0.2) is 30.3 Å². The number of ether oxygens (including phenoxy) is 1. The number of aromatic nitrogens is 1. The number of nitrogens with one attached hydrogen (secondary N) is 2. The molecule has 1 amide bonds. The molecule has 2 aliphatic rings. The topological polar surface area (TPSA) is 104 Å². The average Bonchev–Trinajstić information content (AvgIpc) is 3.37. The number of carbonyl (C=O) groups is 1. The summed E-state index contributed by atoms with van der Waals surface area (Å²) in [5.74, 6) is 0.0193. The third-order valence-corrected chi connectivity index (χ3v) is 6.68. The molecule has 5 rings (SSSR count). The van der Waals surface area contributed by atoms with Crippen molar-refractivity contribution in [3.05, 3.63) is 41.5 Å². The first kappa shape index (κ1) is 26.9. The Kier molecular flexibility index (Phi) is 7.80. The first-order valence-corrected chi connectivity index (χ1v) is 12.5. The van der Waals surface area contributed by atoms with Crippen LogP contribution in [0.3, 0.4) is 0 Å². The van der Waals surface area contributed by atoms with E-state index < -0.39 is 10.1 Å². The monoisotopic (exact) mass is 542 g/mol. The molecule has 35 heavy (non-hydrogen) atoms. The SMILES string of the molecule is COc1cc(-c2cc3cc(N4CCN(C)CC4)ccc3[nH]2)c2c(c1OS(C)(=O)=O)CNC2=O.Cl.Cl. The van der Waals surface area contributed by atoms with Crippen LogP contribution >= 0.6 is 24.8 Å². The molecule has 0 bridgehead atoms. The maximum atomic E-state index is 12.7. The van der Waals surface area contributed by atoms with Crippen LogP contribution < -0.4 is 19.1 Å². The molecule has 9 nitrogen and oxygen atoms in total. The molecule has 2 aromatic carbocycles. The number of halogens is 2. The van der Waals surface area contributed by atoms with Crippen LogP contribution in [0.5, 0.6) is 11.5 Å². The van der Waals surface area contributed by atoms with Gasteiger partial charge in [-0.05, 0) is 37.4 Å². The lowest BCUT2D eigenvalue weighted by Crippen LogP contribution is -2.44. The Balaban J connectivity index is 0.00000171. The molecule has 1 fully saturated rings. The normalized spacial score (nSPS) is 15.7. The van der Waals surface area contributed by atoms with Crippen LogP contribution in [0, 0.1) is 0 Å². The number of methoxy groups -OCH3 is 1. The predicted molar refractivity (Wildman–Crippen MR) is 141 cm³/mol. The molecule has 2 aliphatic heterocycles. The van der Waals surface area contributed by atoms with Gasteiger partial charge in [-0.3, -0.25) is 4.79 Å². The van der Waals surface area contributed by atoms with Gasteiger partial charge in [0.1, 0.15) is 0 Å². The number of anilines is 1. The standard InChI is InChI=1S/C23H26N4O5S.2ClH/c1-26-6-8-27(9-7-26)15-4-5-18-14(10-15)11-19(25-18)16-12-20(31-2)22(32-33(3,29)30)17-13-24-23(28)21(16)17;;/h4-5,10-12,25H,6-9,13H2,1-3H3,(H,24,28);2*1H. The molecule has 0 spiro atoms. The molecule has 3 heterocycles. The van der Waals surface area contributed by atoms with E-state index in [9.17, 15) is 13.2 Å². The Morgan fingerprint density at radius 2 is 1.74 bits per heavy atom. The van der Waals surface area contributed by atoms with Crippen LogP contribution in [0.2, 0.25) is 0 Å². The van der Waals surface area contributed by atoms with E-state index in [2.05, 4.69) is 39.3 Å². The van der Waals surface area contributed by atoms with Gasteiger partial charge in [0.05, 0.1) is 18.9 Å². The van der Waals surface area contributed by atoms with E-state index in [1.807, 2.05) is 12.1 Å². The predicted octanol–water partition coefficient (Wildman–Crippen LogP) is 3.02. The number of fused-ring (bicyclic) bond motifs is 2. The number of aromatic amines is 1. The quantitative estimate of drug-likeness (QED) is 0.477. The summed E-state index contributed by atoms with van der Waals surface area (Å²) in [5, 5.41) is 3.80. The number of amides is 1. The molecule has 0 aliphatic carbocycles. The molecular weight excluding hydrogens is 515 g/mol. The number of piperazine rings is 1. The fraction of sp³-hybridized carbons (Fsp3) is 0.348. The van der Waals surface area contributed by atoms with E-state index >= 15 is 0 Å². The maximum Gasteiger partial charge on any atom is 0.306 e. The van der Waals surface area contributed by atoms with E-state index in [1.54, 1.807) is 6.07 Å². The molecule has 0 saturated carbocycles. The Hall–Kier alpha value is -2.66. The molecule has 1 saturated heterocycles. The van der Waals surface area contributed by atoms with E-state index in [0.717, 1.165) is 49.0 Å². The largest absolute Gasteiger partial charge is 0.493 e. The summed E-state index contributed by atoms with van der Waals surface area (Å²) >= 11 is 0. The molecule has 190 valence electrons. The number of H-pyrrole nitrogens is 1. The first-order chi connectivity index (χ1) is 15.7. The third kappa shape index (κ3) is 5.16. The summed E-state index contributed by atoms with van der Waals surface area (Å²) < 4.78 is 34.2. The Bertz CT molecular complexity index is 1370. The van der Waals surface area contributed by atoms with Gasteiger partial charge < -0.3 is 29.0 Å². The van der Waals surface area contributed by atoms with Gasteiger partial charge >= 0.3 is 10.1 Å². The van der Waals surface area contributed by atoms with Gasteiger partial charge in [0, 0.05) is 66.1 Å². The number of carbonyl (C=O) groups excluding carboxylic acids is 1. The van der Waals surface area contributed by atoms with Crippen LogP contribution in [0.4, 0.5) is 5.69 Å². The van der Waals surface area contributed by atoms with E-state index in [0.29, 0.717) is 16.7 Å². The minimum absolute atomic E-state index is 0. The smallest absolute Gasteiger partial charge is 0.306 e. The second-order valence-corrected chi connectivity index (χ2v) is 10.1. The Morgan fingerprint density at radius 1 is 1.03 bits per heavy atom. The number of benzene rings is 2. The highest BCUT2D eigenvalue weighted by molar-refractivity contribution is 7.86. The number of nitrogens with zero attached hydrogens (tertiary/aromatic N) is 2. The van der Waals surface area contributed by atoms with Crippen molar-refractivity contribution >= 4 is 57.4 Å². The summed E-state index contributed by atoms with van der Waals surface area (Å²) in [6.07, 6.45) is 0.965. The summed E-state index contributed by atoms with van der Waals surface area (Å²) in [6.45, 7) is 4.17. The lowest BCUT2D eigenvalue weighted by Gasteiger charge is -2.34. The van der Waals surface area contributed by atoms with Gasteiger partial charge in [0.25, 0.3) is 5.91 Å². The lowest BCUT2D eigenvalue weighted by molar-refractivity contribution is 0.0966. The number of hydrogen-bond acceptors (Lipinski definition) is 7.